The van der Waals surface area contributed by atoms with Gasteiger partial charge in [-0.15, -0.1) is 11.3 Å². The first kappa shape index (κ1) is 18.5. The zero-order valence-corrected chi connectivity index (χ0v) is 16.2. The van der Waals surface area contributed by atoms with E-state index in [4.69, 9.17) is 0 Å². The smallest absolute Gasteiger partial charge is 0.222 e. The van der Waals surface area contributed by atoms with Crippen molar-refractivity contribution in [1.82, 2.24) is 15.5 Å². The standard InChI is InChI=1S/C20H26N4OS/c1-15(18-8-5-11-26-18)23-20(21-2)22-13-16-6-3-7-17(12-16)14-24-10-4-9-19(24)25/h3,5-8,11-12,15H,4,9-10,13-14H2,1-2H3,(H2,21,22,23). The molecule has 0 aliphatic carbocycles. The number of aliphatic imine (C=N–C) groups is 1. The quantitative estimate of drug-likeness (QED) is 0.606. The van der Waals surface area contributed by atoms with Gasteiger partial charge in [0.2, 0.25) is 5.91 Å². The second kappa shape index (κ2) is 8.85. The van der Waals surface area contributed by atoms with Crippen molar-refractivity contribution in [3.63, 3.8) is 0 Å². The molecule has 3 rings (SSSR count). The summed E-state index contributed by atoms with van der Waals surface area (Å²) >= 11 is 1.74. The highest BCUT2D eigenvalue weighted by Crippen LogP contribution is 2.18. The van der Waals surface area contributed by atoms with E-state index in [9.17, 15) is 4.79 Å². The van der Waals surface area contributed by atoms with Crippen LogP contribution in [0.5, 0.6) is 0 Å². The van der Waals surface area contributed by atoms with Gasteiger partial charge in [0.1, 0.15) is 0 Å². The average molecular weight is 371 g/mol. The molecule has 1 fully saturated rings. The van der Waals surface area contributed by atoms with Gasteiger partial charge in [-0.2, -0.15) is 0 Å². The van der Waals surface area contributed by atoms with Crippen LogP contribution in [0.4, 0.5) is 0 Å². The van der Waals surface area contributed by atoms with E-state index in [2.05, 4.69) is 64.3 Å². The first-order chi connectivity index (χ1) is 12.7. The maximum Gasteiger partial charge on any atom is 0.222 e. The van der Waals surface area contributed by atoms with E-state index < -0.39 is 0 Å². The van der Waals surface area contributed by atoms with Gasteiger partial charge in [-0.1, -0.05) is 30.3 Å². The van der Waals surface area contributed by atoms with Crippen LogP contribution in [0, 0.1) is 0 Å². The SMILES string of the molecule is CN=C(NCc1cccc(CN2CCCC2=O)c1)NC(C)c1cccs1. The largest absolute Gasteiger partial charge is 0.352 e. The Balaban J connectivity index is 1.54. The number of nitrogens with one attached hydrogen (secondary N) is 2. The van der Waals surface area contributed by atoms with Gasteiger partial charge >= 0.3 is 0 Å². The molecule has 0 bridgehead atoms. The van der Waals surface area contributed by atoms with Crippen molar-refractivity contribution in [3.05, 3.63) is 57.8 Å². The first-order valence-electron chi connectivity index (χ1n) is 9.02. The minimum atomic E-state index is 0.216. The van der Waals surface area contributed by atoms with E-state index in [0.29, 0.717) is 19.5 Å². The fourth-order valence-electron chi connectivity index (χ4n) is 3.12. The van der Waals surface area contributed by atoms with Crippen LogP contribution in [0.2, 0.25) is 0 Å². The van der Waals surface area contributed by atoms with Crippen molar-refractivity contribution >= 4 is 23.2 Å². The maximum atomic E-state index is 11.8. The van der Waals surface area contributed by atoms with Crippen molar-refractivity contribution < 1.29 is 4.79 Å². The topological polar surface area (TPSA) is 56.7 Å². The molecule has 2 N–H and O–H groups in total. The van der Waals surface area contributed by atoms with Crippen LogP contribution in [0.3, 0.4) is 0 Å². The fraction of sp³-hybridized carbons (Fsp3) is 0.400. The maximum absolute atomic E-state index is 11.8. The monoisotopic (exact) mass is 370 g/mol. The number of likely N-dealkylation sites (tertiary alicyclic amines) is 1. The van der Waals surface area contributed by atoms with Crippen LogP contribution in [-0.2, 0) is 17.9 Å². The Bertz CT molecular complexity index is 757. The molecule has 1 aromatic carbocycles. The Morgan fingerprint density at radius 3 is 2.85 bits per heavy atom. The molecule has 1 aliphatic rings. The summed E-state index contributed by atoms with van der Waals surface area (Å²) in [5.41, 5.74) is 2.36. The Kier molecular flexibility index (Phi) is 6.28. The summed E-state index contributed by atoms with van der Waals surface area (Å²) in [6.07, 6.45) is 1.66. The number of guanidine groups is 1. The van der Waals surface area contributed by atoms with Crippen LogP contribution in [0.25, 0.3) is 0 Å². The van der Waals surface area contributed by atoms with E-state index in [-0.39, 0.29) is 11.9 Å². The van der Waals surface area contributed by atoms with Crippen molar-refractivity contribution in [2.24, 2.45) is 4.99 Å². The molecule has 2 heterocycles. The molecule has 1 atom stereocenters. The first-order valence-corrected chi connectivity index (χ1v) is 9.90. The highest BCUT2D eigenvalue weighted by atomic mass is 32.1. The average Bonchev–Trinajstić information content (AvgIpc) is 3.31. The lowest BCUT2D eigenvalue weighted by Gasteiger charge is -2.18. The predicted molar refractivity (Wildman–Crippen MR) is 107 cm³/mol. The Morgan fingerprint density at radius 1 is 1.31 bits per heavy atom. The van der Waals surface area contributed by atoms with E-state index in [1.165, 1.54) is 16.0 Å². The third kappa shape index (κ3) is 4.85. The lowest BCUT2D eigenvalue weighted by atomic mass is 10.1. The lowest BCUT2D eigenvalue weighted by Crippen LogP contribution is -2.38. The normalized spacial score (nSPS) is 16.0. The third-order valence-electron chi connectivity index (χ3n) is 4.54. The molecule has 6 heteroatoms. The van der Waals surface area contributed by atoms with E-state index in [1.54, 1.807) is 18.4 Å². The Labute approximate surface area is 159 Å². The van der Waals surface area contributed by atoms with Crippen molar-refractivity contribution in [2.75, 3.05) is 13.6 Å². The highest BCUT2D eigenvalue weighted by molar-refractivity contribution is 7.10. The molecular formula is C20H26N4OS. The highest BCUT2D eigenvalue weighted by Gasteiger charge is 2.19. The van der Waals surface area contributed by atoms with Gasteiger partial charge in [0.25, 0.3) is 0 Å². The molecule has 26 heavy (non-hydrogen) atoms. The number of thiophene rings is 1. The summed E-state index contributed by atoms with van der Waals surface area (Å²) in [5.74, 6) is 1.05. The van der Waals surface area contributed by atoms with Gasteiger partial charge in [-0.05, 0) is 35.9 Å². The Hall–Kier alpha value is -2.34. The van der Waals surface area contributed by atoms with E-state index >= 15 is 0 Å². The molecule has 138 valence electrons. The van der Waals surface area contributed by atoms with Gasteiger partial charge in [-0.3, -0.25) is 9.79 Å². The molecule has 0 saturated carbocycles. The summed E-state index contributed by atoms with van der Waals surface area (Å²) in [6, 6.07) is 12.8. The van der Waals surface area contributed by atoms with Gasteiger partial charge in [0.15, 0.2) is 5.96 Å². The summed E-state index contributed by atoms with van der Waals surface area (Å²) < 4.78 is 0. The van der Waals surface area contributed by atoms with Crippen LogP contribution in [0.15, 0.2) is 46.8 Å². The second-order valence-corrected chi connectivity index (χ2v) is 7.53. The molecule has 5 nitrogen and oxygen atoms in total. The predicted octanol–water partition coefficient (Wildman–Crippen LogP) is 3.30. The number of carbonyl (C=O) groups is 1. The van der Waals surface area contributed by atoms with Crippen LogP contribution >= 0.6 is 11.3 Å². The molecule has 1 amide bonds. The van der Waals surface area contributed by atoms with Crippen molar-refractivity contribution in [1.29, 1.82) is 0 Å². The number of rotatable bonds is 6. The molecule has 1 aromatic heterocycles. The van der Waals surface area contributed by atoms with Crippen molar-refractivity contribution in [2.45, 2.75) is 38.9 Å². The fourth-order valence-corrected chi connectivity index (χ4v) is 3.86. The minimum Gasteiger partial charge on any atom is -0.352 e. The molecule has 1 saturated heterocycles. The van der Waals surface area contributed by atoms with Crippen LogP contribution in [-0.4, -0.2) is 30.4 Å². The molecular weight excluding hydrogens is 344 g/mol. The Morgan fingerprint density at radius 2 is 2.15 bits per heavy atom. The number of amides is 1. The van der Waals surface area contributed by atoms with Gasteiger partial charge in [0, 0.05) is 38.0 Å². The van der Waals surface area contributed by atoms with Gasteiger partial charge < -0.3 is 15.5 Å². The summed E-state index contributed by atoms with van der Waals surface area (Å²) in [5, 5.41) is 8.87. The third-order valence-corrected chi connectivity index (χ3v) is 5.60. The van der Waals surface area contributed by atoms with Crippen LogP contribution in [0.1, 0.15) is 41.8 Å². The molecule has 2 aromatic rings. The molecule has 1 aliphatic heterocycles. The number of benzene rings is 1. The van der Waals surface area contributed by atoms with E-state index in [1.807, 2.05) is 4.90 Å². The summed E-state index contributed by atoms with van der Waals surface area (Å²) in [6.45, 7) is 4.40. The lowest BCUT2D eigenvalue weighted by molar-refractivity contribution is -0.128. The van der Waals surface area contributed by atoms with Crippen molar-refractivity contribution in [3.8, 4) is 0 Å². The second-order valence-electron chi connectivity index (χ2n) is 6.55. The number of carbonyl (C=O) groups excluding carboxylic acids is 1. The summed E-state index contributed by atoms with van der Waals surface area (Å²) in [4.78, 5) is 19.3. The van der Waals surface area contributed by atoms with Crippen LogP contribution < -0.4 is 10.6 Å². The number of nitrogens with zero attached hydrogens (tertiary/aromatic N) is 2. The van der Waals surface area contributed by atoms with Gasteiger partial charge in [0.05, 0.1) is 6.04 Å². The minimum absolute atomic E-state index is 0.216. The molecule has 0 spiro atoms. The van der Waals surface area contributed by atoms with Gasteiger partial charge in [-0.25, -0.2) is 0 Å². The molecule has 1 unspecified atom stereocenters. The number of hydrogen-bond acceptors (Lipinski definition) is 3. The zero-order chi connectivity index (χ0) is 18.4. The molecule has 0 radical (unpaired) electrons. The number of hydrogen-bond donors (Lipinski definition) is 2. The van der Waals surface area contributed by atoms with E-state index in [0.717, 1.165) is 18.9 Å². The summed E-state index contributed by atoms with van der Waals surface area (Å²) in [7, 11) is 1.78. The zero-order valence-electron chi connectivity index (χ0n) is 15.4.